The standard InChI is InChI=1S/C54H33N3S/c1-2-15-35(16-3-1)51-45-23-6-8-28-47(45)55-54(56-51)57-48-31-30-34-14-4-5-21-40(34)50(48)46-27-12-24-41(52(46)57)38-19-10-17-36(32-38)37-18-11-20-39(33-37)42-25-13-26-44-43-22-7-9-29-49(43)58-53(42)44/h1-33H. The van der Waals surface area contributed by atoms with Gasteiger partial charge in [0.15, 0.2) is 0 Å². The van der Waals surface area contributed by atoms with E-state index >= 15 is 0 Å². The first kappa shape index (κ1) is 32.8. The Bertz CT molecular complexity index is 3580. The van der Waals surface area contributed by atoms with Crippen molar-refractivity contribution in [2.75, 3.05) is 0 Å². The molecule has 0 aliphatic rings. The Morgan fingerprint density at radius 2 is 1.00 bits per heavy atom. The van der Waals surface area contributed by atoms with Crippen LogP contribution in [0.25, 0.3) is 114 Å². The molecule has 3 aromatic heterocycles. The van der Waals surface area contributed by atoms with Gasteiger partial charge in [-0.1, -0.05) is 170 Å². The fourth-order valence-corrected chi connectivity index (χ4v) is 10.2. The Morgan fingerprint density at radius 3 is 1.83 bits per heavy atom. The number of thiophene rings is 1. The van der Waals surface area contributed by atoms with Gasteiger partial charge in [0.2, 0.25) is 5.95 Å². The van der Waals surface area contributed by atoms with Gasteiger partial charge in [-0.2, -0.15) is 0 Å². The first-order valence-corrected chi connectivity index (χ1v) is 20.5. The van der Waals surface area contributed by atoms with Gasteiger partial charge in [0.1, 0.15) is 0 Å². The summed E-state index contributed by atoms with van der Waals surface area (Å²) in [5, 5.41) is 8.45. The van der Waals surface area contributed by atoms with Gasteiger partial charge in [-0.25, -0.2) is 9.97 Å². The summed E-state index contributed by atoms with van der Waals surface area (Å²) in [6.07, 6.45) is 0. The number of aromatic nitrogens is 3. The molecule has 0 saturated heterocycles. The van der Waals surface area contributed by atoms with Gasteiger partial charge in [0, 0.05) is 47.5 Å². The normalized spacial score (nSPS) is 11.8. The molecule has 0 spiro atoms. The number of nitrogens with zero attached hydrogens (tertiary/aromatic N) is 3. The van der Waals surface area contributed by atoms with Crippen LogP contribution >= 0.6 is 11.3 Å². The molecule has 3 heterocycles. The van der Waals surface area contributed by atoms with Crippen LogP contribution in [0.3, 0.4) is 0 Å². The molecule has 0 saturated carbocycles. The molecule has 4 heteroatoms. The summed E-state index contributed by atoms with van der Waals surface area (Å²) in [5.74, 6) is 0.652. The summed E-state index contributed by atoms with van der Waals surface area (Å²) >= 11 is 1.87. The van der Waals surface area contributed by atoms with E-state index in [4.69, 9.17) is 9.97 Å². The zero-order valence-corrected chi connectivity index (χ0v) is 32.1. The predicted molar refractivity (Wildman–Crippen MR) is 246 cm³/mol. The van der Waals surface area contributed by atoms with E-state index in [9.17, 15) is 0 Å². The Hall–Kier alpha value is -7.40. The van der Waals surface area contributed by atoms with E-state index in [1.54, 1.807) is 0 Å². The van der Waals surface area contributed by atoms with Crippen LogP contribution in [0.2, 0.25) is 0 Å². The van der Waals surface area contributed by atoms with Gasteiger partial charge < -0.3 is 0 Å². The van der Waals surface area contributed by atoms with E-state index < -0.39 is 0 Å². The maximum Gasteiger partial charge on any atom is 0.235 e. The Kier molecular flexibility index (Phi) is 7.40. The van der Waals surface area contributed by atoms with Crippen molar-refractivity contribution in [1.82, 2.24) is 14.5 Å². The topological polar surface area (TPSA) is 30.7 Å². The number of hydrogen-bond donors (Lipinski definition) is 0. The first-order valence-electron chi connectivity index (χ1n) is 19.7. The Balaban J connectivity index is 1.08. The third kappa shape index (κ3) is 5.12. The highest BCUT2D eigenvalue weighted by molar-refractivity contribution is 7.26. The van der Waals surface area contributed by atoms with Crippen molar-refractivity contribution in [3.8, 4) is 50.6 Å². The molecular formula is C54H33N3S. The lowest BCUT2D eigenvalue weighted by Crippen LogP contribution is -2.04. The van der Waals surface area contributed by atoms with Crippen LogP contribution < -0.4 is 0 Å². The van der Waals surface area contributed by atoms with Crippen molar-refractivity contribution >= 4 is 75.0 Å². The molecule has 0 radical (unpaired) electrons. The van der Waals surface area contributed by atoms with Gasteiger partial charge in [-0.3, -0.25) is 4.57 Å². The molecule has 0 fully saturated rings. The van der Waals surface area contributed by atoms with Crippen LogP contribution in [-0.4, -0.2) is 14.5 Å². The summed E-state index contributed by atoms with van der Waals surface area (Å²) in [6.45, 7) is 0. The number of hydrogen-bond acceptors (Lipinski definition) is 3. The minimum Gasteiger partial charge on any atom is -0.277 e. The third-order valence-corrected chi connectivity index (χ3v) is 12.8. The summed E-state index contributed by atoms with van der Waals surface area (Å²) in [6, 6.07) is 72.0. The van der Waals surface area contributed by atoms with Gasteiger partial charge in [0.25, 0.3) is 0 Å². The molecule has 0 bridgehead atoms. The largest absolute Gasteiger partial charge is 0.277 e. The molecule has 12 rings (SSSR count). The molecule has 0 N–H and O–H groups in total. The second-order valence-corrected chi connectivity index (χ2v) is 16.0. The van der Waals surface area contributed by atoms with Crippen LogP contribution in [0, 0.1) is 0 Å². The van der Waals surface area contributed by atoms with E-state index in [1.807, 2.05) is 17.4 Å². The lowest BCUT2D eigenvalue weighted by atomic mass is 9.95. The monoisotopic (exact) mass is 755 g/mol. The maximum atomic E-state index is 5.42. The summed E-state index contributed by atoms with van der Waals surface area (Å²) in [5.41, 5.74) is 12.2. The molecule has 0 aliphatic heterocycles. The zero-order chi connectivity index (χ0) is 38.2. The lowest BCUT2D eigenvalue weighted by Gasteiger charge is -2.14. The SMILES string of the molecule is c1ccc(-c2nc(-n3c4ccc5ccccc5c4c4cccc(-c5cccc(-c6cccc(-c7cccc8c7sc7ccccc78)c6)c5)c43)nc3ccccc23)cc1. The smallest absolute Gasteiger partial charge is 0.235 e. The first-order chi connectivity index (χ1) is 28.8. The van der Waals surface area contributed by atoms with E-state index in [1.165, 1.54) is 64.0 Å². The third-order valence-electron chi connectivity index (χ3n) is 11.6. The van der Waals surface area contributed by atoms with E-state index in [2.05, 4.69) is 199 Å². The average molecular weight is 756 g/mol. The number of rotatable bonds is 5. The molecule has 270 valence electrons. The highest BCUT2D eigenvalue weighted by atomic mass is 32.1. The fraction of sp³-hybridized carbons (Fsp3) is 0. The van der Waals surface area contributed by atoms with Crippen LogP contribution in [0.1, 0.15) is 0 Å². The van der Waals surface area contributed by atoms with E-state index in [0.717, 1.165) is 44.3 Å². The summed E-state index contributed by atoms with van der Waals surface area (Å²) < 4.78 is 4.94. The van der Waals surface area contributed by atoms with Crippen molar-refractivity contribution < 1.29 is 0 Å². The average Bonchev–Trinajstić information content (AvgIpc) is 3.85. The molecule has 0 aliphatic carbocycles. The van der Waals surface area contributed by atoms with Crippen molar-refractivity contribution in [3.05, 3.63) is 200 Å². The van der Waals surface area contributed by atoms with Crippen molar-refractivity contribution in [2.45, 2.75) is 0 Å². The molecule has 0 atom stereocenters. The maximum absolute atomic E-state index is 5.42. The summed E-state index contributed by atoms with van der Waals surface area (Å²) in [7, 11) is 0. The van der Waals surface area contributed by atoms with Gasteiger partial charge in [-0.15, -0.1) is 11.3 Å². The van der Waals surface area contributed by atoms with Crippen molar-refractivity contribution in [2.24, 2.45) is 0 Å². The highest BCUT2D eigenvalue weighted by Gasteiger charge is 2.22. The molecule has 0 unspecified atom stereocenters. The van der Waals surface area contributed by atoms with Gasteiger partial charge in [-0.05, 0) is 68.9 Å². The predicted octanol–water partition coefficient (Wildman–Crippen LogP) is 14.9. The van der Waals surface area contributed by atoms with Crippen LogP contribution in [-0.2, 0) is 0 Å². The minimum absolute atomic E-state index is 0.652. The zero-order valence-electron chi connectivity index (χ0n) is 31.3. The second kappa shape index (κ2) is 13.1. The molecule has 9 aromatic carbocycles. The number of fused-ring (bicyclic) bond motifs is 9. The highest BCUT2D eigenvalue weighted by Crippen LogP contribution is 2.43. The number of benzene rings is 9. The van der Waals surface area contributed by atoms with E-state index in [-0.39, 0.29) is 0 Å². The molecule has 3 nitrogen and oxygen atoms in total. The van der Waals surface area contributed by atoms with Crippen molar-refractivity contribution in [1.29, 1.82) is 0 Å². The van der Waals surface area contributed by atoms with Crippen LogP contribution in [0.5, 0.6) is 0 Å². The molecular weight excluding hydrogens is 723 g/mol. The minimum atomic E-state index is 0.652. The molecule has 12 aromatic rings. The quantitative estimate of drug-likeness (QED) is 0.175. The van der Waals surface area contributed by atoms with Gasteiger partial charge in [0.05, 0.1) is 22.2 Å². The second-order valence-electron chi connectivity index (χ2n) is 14.9. The number of para-hydroxylation sites is 2. The fourth-order valence-electron chi connectivity index (χ4n) is 8.96. The Labute approximate surface area is 338 Å². The van der Waals surface area contributed by atoms with Crippen molar-refractivity contribution in [3.63, 3.8) is 0 Å². The molecule has 58 heavy (non-hydrogen) atoms. The van der Waals surface area contributed by atoms with Crippen LogP contribution in [0.15, 0.2) is 200 Å². The lowest BCUT2D eigenvalue weighted by molar-refractivity contribution is 1.01. The molecule has 0 amide bonds. The van der Waals surface area contributed by atoms with Crippen LogP contribution in [0.4, 0.5) is 0 Å². The summed E-state index contributed by atoms with van der Waals surface area (Å²) in [4.78, 5) is 10.7. The Morgan fingerprint density at radius 1 is 0.397 bits per heavy atom. The van der Waals surface area contributed by atoms with E-state index in [0.29, 0.717) is 5.95 Å². The van der Waals surface area contributed by atoms with Gasteiger partial charge >= 0.3 is 0 Å².